The molecule has 0 N–H and O–H groups in total. The van der Waals surface area contributed by atoms with Crippen molar-refractivity contribution in [3.63, 3.8) is 0 Å². The number of amides is 1. The van der Waals surface area contributed by atoms with Crippen LogP contribution in [0.2, 0.25) is 0 Å². The standard InChI is InChI=1S/C14H18BrNO/c1-10-4-3-7-16(14(10)17)13-6-5-12(9-15)11(2)8-13/h5-6,8,10H,3-4,7,9H2,1-2H3. The SMILES string of the molecule is Cc1cc(N2CCCC(C)C2=O)ccc1CBr. The van der Waals surface area contributed by atoms with Gasteiger partial charge in [0.25, 0.3) is 0 Å². The number of carbonyl (C=O) groups is 1. The van der Waals surface area contributed by atoms with Gasteiger partial charge in [-0.15, -0.1) is 0 Å². The van der Waals surface area contributed by atoms with Crippen LogP contribution >= 0.6 is 15.9 Å². The molecular formula is C14H18BrNO. The molecule has 0 aliphatic carbocycles. The fourth-order valence-electron chi connectivity index (χ4n) is 2.31. The molecule has 17 heavy (non-hydrogen) atoms. The highest BCUT2D eigenvalue weighted by molar-refractivity contribution is 9.08. The summed E-state index contributed by atoms with van der Waals surface area (Å²) < 4.78 is 0. The van der Waals surface area contributed by atoms with Crippen LogP contribution in [0, 0.1) is 12.8 Å². The van der Waals surface area contributed by atoms with Crippen LogP contribution in [0.4, 0.5) is 5.69 Å². The first-order valence-corrected chi connectivity index (χ1v) is 7.22. The zero-order valence-electron chi connectivity index (χ0n) is 10.4. The van der Waals surface area contributed by atoms with Crippen LogP contribution in [0.15, 0.2) is 18.2 Å². The molecule has 0 bridgehead atoms. The zero-order chi connectivity index (χ0) is 12.4. The van der Waals surface area contributed by atoms with Crippen molar-refractivity contribution in [2.24, 2.45) is 5.92 Å². The zero-order valence-corrected chi connectivity index (χ0v) is 12.0. The Hall–Kier alpha value is -0.830. The van der Waals surface area contributed by atoms with Gasteiger partial charge in [-0.25, -0.2) is 0 Å². The van der Waals surface area contributed by atoms with Crippen molar-refractivity contribution < 1.29 is 4.79 Å². The van der Waals surface area contributed by atoms with Gasteiger partial charge in [-0.05, 0) is 43.0 Å². The molecule has 92 valence electrons. The highest BCUT2D eigenvalue weighted by Crippen LogP contribution is 2.26. The summed E-state index contributed by atoms with van der Waals surface area (Å²) in [6.07, 6.45) is 2.12. The lowest BCUT2D eigenvalue weighted by molar-refractivity contribution is -0.123. The minimum absolute atomic E-state index is 0.167. The minimum Gasteiger partial charge on any atom is -0.312 e. The van der Waals surface area contributed by atoms with Gasteiger partial charge in [0.15, 0.2) is 0 Å². The molecule has 0 saturated carbocycles. The fourth-order valence-corrected chi connectivity index (χ4v) is 2.94. The van der Waals surface area contributed by atoms with E-state index in [4.69, 9.17) is 0 Å². The van der Waals surface area contributed by atoms with Gasteiger partial charge in [0, 0.05) is 23.5 Å². The Labute approximate surface area is 111 Å². The first kappa shape index (κ1) is 12.6. The molecule has 1 aliphatic heterocycles. The van der Waals surface area contributed by atoms with Gasteiger partial charge in [-0.1, -0.05) is 28.9 Å². The molecule has 0 aromatic heterocycles. The van der Waals surface area contributed by atoms with Crippen LogP contribution in [0.5, 0.6) is 0 Å². The average molecular weight is 296 g/mol. The van der Waals surface area contributed by atoms with Crippen molar-refractivity contribution in [1.82, 2.24) is 0 Å². The van der Waals surface area contributed by atoms with E-state index in [1.807, 2.05) is 11.8 Å². The highest BCUT2D eigenvalue weighted by Gasteiger charge is 2.26. The monoisotopic (exact) mass is 295 g/mol. The number of carbonyl (C=O) groups excluding carboxylic acids is 1. The molecule has 1 heterocycles. The molecule has 2 rings (SSSR count). The molecule has 1 unspecified atom stereocenters. The van der Waals surface area contributed by atoms with Gasteiger partial charge in [-0.2, -0.15) is 0 Å². The number of aryl methyl sites for hydroxylation is 1. The lowest BCUT2D eigenvalue weighted by atomic mass is 9.98. The van der Waals surface area contributed by atoms with Crippen molar-refractivity contribution in [2.45, 2.75) is 32.0 Å². The number of hydrogen-bond acceptors (Lipinski definition) is 1. The first-order valence-electron chi connectivity index (χ1n) is 6.10. The van der Waals surface area contributed by atoms with Crippen LogP contribution in [0.1, 0.15) is 30.9 Å². The van der Waals surface area contributed by atoms with Crippen LogP contribution < -0.4 is 4.90 Å². The van der Waals surface area contributed by atoms with Crippen LogP contribution in [-0.2, 0) is 10.1 Å². The fraction of sp³-hybridized carbons (Fsp3) is 0.500. The van der Waals surface area contributed by atoms with Gasteiger partial charge in [0.2, 0.25) is 5.91 Å². The van der Waals surface area contributed by atoms with E-state index in [1.54, 1.807) is 0 Å². The van der Waals surface area contributed by atoms with E-state index >= 15 is 0 Å². The second kappa shape index (κ2) is 5.21. The second-order valence-electron chi connectivity index (χ2n) is 4.78. The third-order valence-electron chi connectivity index (χ3n) is 3.49. The maximum Gasteiger partial charge on any atom is 0.229 e. The smallest absolute Gasteiger partial charge is 0.229 e. The highest BCUT2D eigenvalue weighted by atomic mass is 79.9. The van der Waals surface area contributed by atoms with Crippen molar-refractivity contribution >= 4 is 27.5 Å². The predicted octanol–water partition coefficient (Wildman–Crippen LogP) is 3.65. The Morgan fingerprint density at radius 2 is 2.24 bits per heavy atom. The quantitative estimate of drug-likeness (QED) is 0.763. The summed E-state index contributed by atoms with van der Waals surface area (Å²) in [4.78, 5) is 14.0. The Morgan fingerprint density at radius 3 is 2.88 bits per heavy atom. The average Bonchev–Trinajstić information content (AvgIpc) is 2.32. The van der Waals surface area contributed by atoms with Crippen molar-refractivity contribution in [2.75, 3.05) is 11.4 Å². The molecule has 0 spiro atoms. The number of alkyl halides is 1. The number of benzene rings is 1. The molecule has 1 saturated heterocycles. The summed E-state index contributed by atoms with van der Waals surface area (Å²) in [5.41, 5.74) is 3.57. The van der Waals surface area contributed by atoms with Gasteiger partial charge in [0.05, 0.1) is 0 Å². The van der Waals surface area contributed by atoms with E-state index in [0.717, 1.165) is 30.4 Å². The van der Waals surface area contributed by atoms with Gasteiger partial charge in [0.1, 0.15) is 0 Å². The lowest BCUT2D eigenvalue weighted by Crippen LogP contribution is -2.40. The van der Waals surface area contributed by atoms with Crippen molar-refractivity contribution in [1.29, 1.82) is 0 Å². The Morgan fingerprint density at radius 1 is 1.47 bits per heavy atom. The number of piperidine rings is 1. The molecular weight excluding hydrogens is 278 g/mol. The molecule has 0 radical (unpaired) electrons. The predicted molar refractivity (Wildman–Crippen MR) is 74.6 cm³/mol. The maximum absolute atomic E-state index is 12.1. The van der Waals surface area contributed by atoms with Crippen molar-refractivity contribution in [3.8, 4) is 0 Å². The van der Waals surface area contributed by atoms with Gasteiger partial charge >= 0.3 is 0 Å². The Bertz CT molecular complexity index is 430. The third kappa shape index (κ3) is 2.54. The lowest BCUT2D eigenvalue weighted by Gasteiger charge is -2.31. The normalized spacial score (nSPS) is 20.8. The molecule has 3 heteroatoms. The second-order valence-corrected chi connectivity index (χ2v) is 5.34. The topological polar surface area (TPSA) is 20.3 Å². The van der Waals surface area contributed by atoms with Crippen molar-refractivity contribution in [3.05, 3.63) is 29.3 Å². The first-order chi connectivity index (χ1) is 8.13. The van der Waals surface area contributed by atoms with Crippen LogP contribution in [0.3, 0.4) is 0 Å². The molecule has 1 atom stereocenters. The molecule has 1 fully saturated rings. The number of hydrogen-bond donors (Lipinski definition) is 0. The van der Waals surface area contributed by atoms with E-state index < -0.39 is 0 Å². The summed E-state index contributed by atoms with van der Waals surface area (Å²) in [5.74, 6) is 0.433. The molecule has 1 aromatic carbocycles. The minimum atomic E-state index is 0.167. The van der Waals surface area contributed by atoms with E-state index in [-0.39, 0.29) is 11.8 Å². The number of anilines is 1. The van der Waals surface area contributed by atoms with Crippen LogP contribution in [-0.4, -0.2) is 12.5 Å². The molecule has 2 nitrogen and oxygen atoms in total. The van der Waals surface area contributed by atoms with E-state index in [1.165, 1.54) is 11.1 Å². The van der Waals surface area contributed by atoms with E-state index in [0.29, 0.717) is 0 Å². The van der Waals surface area contributed by atoms with Crippen LogP contribution in [0.25, 0.3) is 0 Å². The number of nitrogens with zero attached hydrogens (tertiary/aromatic N) is 1. The summed E-state index contributed by atoms with van der Waals surface area (Å²) in [6.45, 7) is 4.97. The molecule has 1 aromatic rings. The number of rotatable bonds is 2. The number of halogens is 1. The summed E-state index contributed by atoms with van der Waals surface area (Å²) in [5, 5.41) is 0.865. The van der Waals surface area contributed by atoms with E-state index in [2.05, 4.69) is 41.1 Å². The van der Waals surface area contributed by atoms with E-state index in [9.17, 15) is 4.79 Å². The Kier molecular flexibility index (Phi) is 3.87. The summed E-state index contributed by atoms with van der Waals surface area (Å²) in [7, 11) is 0. The van der Waals surface area contributed by atoms with Gasteiger partial charge < -0.3 is 4.90 Å². The maximum atomic E-state index is 12.1. The summed E-state index contributed by atoms with van der Waals surface area (Å²) >= 11 is 3.47. The largest absolute Gasteiger partial charge is 0.312 e. The molecule has 1 aliphatic rings. The van der Waals surface area contributed by atoms with Gasteiger partial charge in [-0.3, -0.25) is 4.79 Å². The Balaban J connectivity index is 2.27. The third-order valence-corrected chi connectivity index (χ3v) is 4.09. The molecule has 1 amide bonds. The summed E-state index contributed by atoms with van der Waals surface area (Å²) in [6, 6.07) is 6.28.